The number of rotatable bonds is 6. The Bertz CT molecular complexity index is 667. The number of aliphatic hydroxyl groups excluding tert-OH is 2. The molecule has 0 aromatic heterocycles. The van der Waals surface area contributed by atoms with Crippen LogP contribution in [0.5, 0.6) is 0 Å². The molecule has 4 nitrogen and oxygen atoms in total. The van der Waals surface area contributed by atoms with Crippen molar-refractivity contribution in [3.05, 3.63) is 59.7 Å². The van der Waals surface area contributed by atoms with E-state index in [-0.39, 0.29) is 19.1 Å². The molecule has 0 fully saturated rings. The Morgan fingerprint density at radius 3 is 2.39 bits per heavy atom. The molecule has 1 atom stereocenters. The Labute approximate surface area is 136 Å². The summed E-state index contributed by atoms with van der Waals surface area (Å²) in [4.78, 5) is 12.1. The minimum atomic E-state index is -0.940. The minimum absolute atomic E-state index is 0.0302. The van der Waals surface area contributed by atoms with Crippen molar-refractivity contribution in [2.24, 2.45) is 0 Å². The minimum Gasteiger partial charge on any atom is -0.394 e. The maximum Gasteiger partial charge on any atom is 0.251 e. The monoisotopic (exact) mass is 313 g/mol. The van der Waals surface area contributed by atoms with E-state index in [4.69, 9.17) is 5.11 Å². The highest BCUT2D eigenvalue weighted by Crippen LogP contribution is 2.24. The van der Waals surface area contributed by atoms with Gasteiger partial charge in [-0.1, -0.05) is 50.2 Å². The van der Waals surface area contributed by atoms with E-state index in [2.05, 4.69) is 31.3 Å². The average Bonchev–Trinajstić information content (AvgIpc) is 2.59. The van der Waals surface area contributed by atoms with E-state index in [1.807, 2.05) is 30.3 Å². The van der Waals surface area contributed by atoms with Crippen LogP contribution in [-0.2, 0) is 0 Å². The Morgan fingerprint density at radius 1 is 1.09 bits per heavy atom. The van der Waals surface area contributed by atoms with Crippen LogP contribution in [0.3, 0.4) is 0 Å². The Balaban J connectivity index is 2.19. The molecule has 0 spiro atoms. The number of hydrogen-bond acceptors (Lipinski definition) is 3. The lowest BCUT2D eigenvalue weighted by molar-refractivity contribution is 0.0802. The van der Waals surface area contributed by atoms with E-state index >= 15 is 0 Å². The van der Waals surface area contributed by atoms with Crippen molar-refractivity contribution < 1.29 is 15.0 Å². The van der Waals surface area contributed by atoms with E-state index in [9.17, 15) is 9.90 Å². The molecule has 122 valence electrons. The fourth-order valence-electron chi connectivity index (χ4n) is 2.29. The summed E-state index contributed by atoms with van der Waals surface area (Å²) in [7, 11) is 0. The van der Waals surface area contributed by atoms with Gasteiger partial charge in [0.25, 0.3) is 5.91 Å². The first-order chi connectivity index (χ1) is 11.0. The van der Waals surface area contributed by atoms with Gasteiger partial charge in [-0.05, 0) is 34.7 Å². The quantitative estimate of drug-likeness (QED) is 0.767. The Kier molecular flexibility index (Phi) is 5.90. The molecule has 3 N–H and O–H groups in total. The molecule has 0 bridgehead atoms. The summed E-state index contributed by atoms with van der Waals surface area (Å²) in [5, 5.41) is 20.7. The van der Waals surface area contributed by atoms with Crippen LogP contribution in [0.1, 0.15) is 35.7 Å². The van der Waals surface area contributed by atoms with Crippen LogP contribution in [0.15, 0.2) is 48.5 Å². The zero-order valence-electron chi connectivity index (χ0n) is 13.5. The second-order valence-corrected chi connectivity index (χ2v) is 5.91. The fraction of sp³-hybridized carbons (Fsp3) is 0.316. The highest BCUT2D eigenvalue weighted by Gasteiger charge is 2.10. The number of benzene rings is 2. The van der Waals surface area contributed by atoms with Crippen molar-refractivity contribution in [1.29, 1.82) is 0 Å². The lowest BCUT2D eigenvalue weighted by atomic mass is 9.96. The zero-order valence-corrected chi connectivity index (χ0v) is 13.5. The average molecular weight is 313 g/mol. The van der Waals surface area contributed by atoms with Crippen LogP contribution in [0.2, 0.25) is 0 Å². The van der Waals surface area contributed by atoms with Crippen LogP contribution >= 0.6 is 0 Å². The molecule has 1 amide bonds. The van der Waals surface area contributed by atoms with Gasteiger partial charge in [0.15, 0.2) is 0 Å². The molecule has 0 radical (unpaired) electrons. The summed E-state index contributed by atoms with van der Waals surface area (Å²) in [6.07, 6.45) is -0.940. The number of carbonyl (C=O) groups excluding carboxylic acids is 1. The molecule has 4 heteroatoms. The molecule has 2 aromatic carbocycles. The van der Waals surface area contributed by atoms with Gasteiger partial charge >= 0.3 is 0 Å². The molecule has 2 aromatic rings. The molecular formula is C19H23NO3. The van der Waals surface area contributed by atoms with E-state index < -0.39 is 6.10 Å². The molecule has 0 aliphatic rings. The predicted octanol–water partition coefficient (Wildman–Crippen LogP) is 2.56. The van der Waals surface area contributed by atoms with Crippen molar-refractivity contribution in [2.75, 3.05) is 13.2 Å². The number of nitrogens with one attached hydrogen (secondary N) is 1. The van der Waals surface area contributed by atoms with E-state index in [1.54, 1.807) is 6.07 Å². The summed E-state index contributed by atoms with van der Waals surface area (Å²) in [5.41, 5.74) is 3.83. The van der Waals surface area contributed by atoms with Gasteiger partial charge in [-0.3, -0.25) is 4.79 Å². The molecule has 0 heterocycles. The molecule has 2 rings (SSSR count). The number of amides is 1. The first-order valence-corrected chi connectivity index (χ1v) is 7.78. The number of carbonyl (C=O) groups is 1. The molecule has 0 saturated carbocycles. The zero-order chi connectivity index (χ0) is 16.8. The summed E-state index contributed by atoms with van der Waals surface area (Å²) < 4.78 is 0. The van der Waals surface area contributed by atoms with E-state index in [1.165, 1.54) is 5.56 Å². The predicted molar refractivity (Wildman–Crippen MR) is 91.4 cm³/mol. The molecular weight excluding hydrogens is 290 g/mol. The highest BCUT2D eigenvalue weighted by atomic mass is 16.3. The second kappa shape index (κ2) is 7.90. The lowest BCUT2D eigenvalue weighted by Gasteiger charge is -2.11. The van der Waals surface area contributed by atoms with Crippen LogP contribution < -0.4 is 5.32 Å². The van der Waals surface area contributed by atoms with Crippen LogP contribution in [0, 0.1) is 0 Å². The van der Waals surface area contributed by atoms with E-state index in [0.29, 0.717) is 11.5 Å². The maximum absolute atomic E-state index is 12.1. The van der Waals surface area contributed by atoms with Crippen molar-refractivity contribution in [1.82, 2.24) is 5.32 Å². The molecule has 0 aliphatic heterocycles. The Morgan fingerprint density at radius 2 is 1.74 bits per heavy atom. The van der Waals surface area contributed by atoms with Gasteiger partial charge in [0, 0.05) is 12.1 Å². The molecule has 0 saturated heterocycles. The van der Waals surface area contributed by atoms with E-state index in [0.717, 1.165) is 11.1 Å². The van der Waals surface area contributed by atoms with Crippen molar-refractivity contribution in [2.45, 2.75) is 25.9 Å². The van der Waals surface area contributed by atoms with Crippen molar-refractivity contribution in [3.8, 4) is 11.1 Å². The molecule has 0 unspecified atom stereocenters. The van der Waals surface area contributed by atoms with Crippen molar-refractivity contribution >= 4 is 5.91 Å². The molecule has 23 heavy (non-hydrogen) atoms. The third kappa shape index (κ3) is 4.65. The fourth-order valence-corrected chi connectivity index (χ4v) is 2.29. The van der Waals surface area contributed by atoms with Crippen LogP contribution in [0.4, 0.5) is 0 Å². The largest absolute Gasteiger partial charge is 0.394 e. The lowest BCUT2D eigenvalue weighted by Crippen LogP contribution is -2.33. The van der Waals surface area contributed by atoms with Crippen LogP contribution in [0.25, 0.3) is 11.1 Å². The van der Waals surface area contributed by atoms with Gasteiger partial charge in [0.2, 0.25) is 0 Å². The van der Waals surface area contributed by atoms with Gasteiger partial charge in [-0.2, -0.15) is 0 Å². The van der Waals surface area contributed by atoms with Gasteiger partial charge < -0.3 is 15.5 Å². The number of aliphatic hydroxyl groups is 2. The summed E-state index contributed by atoms with van der Waals surface area (Å²) in [6, 6.07) is 15.7. The third-order valence-corrected chi connectivity index (χ3v) is 3.72. The Hall–Kier alpha value is -2.17. The second-order valence-electron chi connectivity index (χ2n) is 5.91. The first-order valence-electron chi connectivity index (χ1n) is 7.78. The normalized spacial score (nSPS) is 12.2. The molecule has 0 aliphatic carbocycles. The standard InChI is InChI=1S/C19H23NO3/c1-13(2)14-5-3-6-15(9-14)16-7-4-8-17(10-16)19(23)20-11-18(22)12-21/h3-10,13,18,21-22H,11-12H2,1-2H3,(H,20,23)/t18-/m0/s1. The smallest absolute Gasteiger partial charge is 0.251 e. The van der Waals surface area contributed by atoms with Gasteiger partial charge in [0.1, 0.15) is 0 Å². The van der Waals surface area contributed by atoms with Gasteiger partial charge in [-0.15, -0.1) is 0 Å². The summed E-state index contributed by atoms with van der Waals surface area (Å²) >= 11 is 0. The van der Waals surface area contributed by atoms with Gasteiger partial charge in [-0.25, -0.2) is 0 Å². The topological polar surface area (TPSA) is 69.6 Å². The van der Waals surface area contributed by atoms with Crippen LogP contribution in [-0.4, -0.2) is 35.4 Å². The highest BCUT2D eigenvalue weighted by molar-refractivity contribution is 5.95. The number of hydrogen-bond donors (Lipinski definition) is 3. The maximum atomic E-state index is 12.1. The third-order valence-electron chi connectivity index (χ3n) is 3.72. The van der Waals surface area contributed by atoms with Crippen molar-refractivity contribution in [3.63, 3.8) is 0 Å². The SMILES string of the molecule is CC(C)c1cccc(-c2cccc(C(=O)NC[C@H](O)CO)c2)c1. The van der Waals surface area contributed by atoms with Gasteiger partial charge in [0.05, 0.1) is 12.7 Å². The summed E-state index contributed by atoms with van der Waals surface area (Å²) in [6.45, 7) is 3.95. The summed E-state index contributed by atoms with van der Waals surface area (Å²) in [5.74, 6) is 0.181. The first kappa shape index (κ1) is 17.2.